The van der Waals surface area contributed by atoms with Crippen molar-refractivity contribution in [2.24, 2.45) is 0 Å². The summed E-state index contributed by atoms with van der Waals surface area (Å²) >= 11 is 3.26. The molecule has 0 bridgehead atoms. The van der Waals surface area contributed by atoms with Crippen molar-refractivity contribution in [2.45, 2.75) is 19.9 Å². The minimum absolute atomic E-state index is 0.119. The van der Waals surface area contributed by atoms with E-state index in [2.05, 4.69) is 26.3 Å². The van der Waals surface area contributed by atoms with Crippen LogP contribution in [0.1, 0.15) is 30.2 Å². The number of benzene rings is 1. The quantitative estimate of drug-likeness (QED) is 0.826. The number of nitrogens with zero attached hydrogens (tertiary/aromatic N) is 2. The maximum absolute atomic E-state index is 11.9. The molecular weight excluding hydrogens is 350 g/mol. The molecular formula is C15H16BrN3O3. The summed E-state index contributed by atoms with van der Waals surface area (Å²) in [5.41, 5.74) is 0.377. The van der Waals surface area contributed by atoms with Crippen LogP contribution >= 0.6 is 15.9 Å². The maximum atomic E-state index is 11.9. The SMILES string of the molecule is CC(C)n1nccc1NC(=O)COC(=O)c1ccccc1Br. The number of ether oxygens (including phenoxy) is 1. The summed E-state index contributed by atoms with van der Waals surface area (Å²) in [4.78, 5) is 23.8. The van der Waals surface area contributed by atoms with Gasteiger partial charge < -0.3 is 10.1 Å². The number of hydrogen-bond donors (Lipinski definition) is 1. The van der Waals surface area contributed by atoms with E-state index in [1.807, 2.05) is 13.8 Å². The Morgan fingerprint density at radius 2 is 2.05 bits per heavy atom. The van der Waals surface area contributed by atoms with Crippen LogP contribution in [0.5, 0.6) is 0 Å². The highest BCUT2D eigenvalue weighted by Crippen LogP contribution is 2.17. The summed E-state index contributed by atoms with van der Waals surface area (Å²) in [5, 5.41) is 6.78. The Morgan fingerprint density at radius 1 is 1.32 bits per heavy atom. The van der Waals surface area contributed by atoms with Gasteiger partial charge in [0.15, 0.2) is 6.61 Å². The molecule has 0 unspecified atom stereocenters. The first-order valence-corrected chi connectivity index (χ1v) is 7.53. The smallest absolute Gasteiger partial charge is 0.339 e. The molecule has 1 aromatic heterocycles. The zero-order chi connectivity index (χ0) is 16.1. The number of amides is 1. The Hall–Kier alpha value is -2.15. The number of hydrogen-bond acceptors (Lipinski definition) is 4. The minimum Gasteiger partial charge on any atom is -0.452 e. The molecule has 0 spiro atoms. The molecule has 0 aliphatic heterocycles. The highest BCUT2D eigenvalue weighted by molar-refractivity contribution is 9.10. The van der Waals surface area contributed by atoms with Crippen LogP contribution in [-0.4, -0.2) is 28.3 Å². The fraction of sp³-hybridized carbons (Fsp3) is 0.267. The second kappa shape index (κ2) is 7.22. The van der Waals surface area contributed by atoms with Gasteiger partial charge in [-0.25, -0.2) is 9.48 Å². The van der Waals surface area contributed by atoms with Gasteiger partial charge in [0.05, 0.1) is 11.8 Å². The lowest BCUT2D eigenvalue weighted by Crippen LogP contribution is -2.23. The van der Waals surface area contributed by atoms with Gasteiger partial charge in [-0.05, 0) is 41.9 Å². The molecule has 0 saturated carbocycles. The third-order valence-electron chi connectivity index (χ3n) is 2.86. The Labute approximate surface area is 136 Å². The molecule has 1 heterocycles. The van der Waals surface area contributed by atoms with Gasteiger partial charge in [0.2, 0.25) is 0 Å². The monoisotopic (exact) mass is 365 g/mol. The maximum Gasteiger partial charge on any atom is 0.339 e. The van der Waals surface area contributed by atoms with Crippen LogP contribution in [0.4, 0.5) is 5.82 Å². The predicted octanol–water partition coefficient (Wildman–Crippen LogP) is 3.02. The molecule has 0 saturated heterocycles. The first-order chi connectivity index (χ1) is 10.5. The molecule has 0 atom stereocenters. The lowest BCUT2D eigenvalue weighted by molar-refractivity contribution is -0.119. The van der Waals surface area contributed by atoms with E-state index in [0.717, 1.165) is 0 Å². The summed E-state index contributed by atoms with van der Waals surface area (Å²) in [5.74, 6) is -0.403. The van der Waals surface area contributed by atoms with E-state index >= 15 is 0 Å². The molecule has 1 aromatic carbocycles. The van der Waals surface area contributed by atoms with Gasteiger partial charge in [-0.1, -0.05) is 12.1 Å². The van der Waals surface area contributed by atoms with Crippen LogP contribution in [0, 0.1) is 0 Å². The zero-order valence-electron chi connectivity index (χ0n) is 12.2. The van der Waals surface area contributed by atoms with E-state index in [9.17, 15) is 9.59 Å². The highest BCUT2D eigenvalue weighted by Gasteiger charge is 2.14. The number of esters is 1. The topological polar surface area (TPSA) is 73.2 Å². The van der Waals surface area contributed by atoms with Crippen molar-refractivity contribution < 1.29 is 14.3 Å². The van der Waals surface area contributed by atoms with Crippen molar-refractivity contribution >= 4 is 33.6 Å². The van der Waals surface area contributed by atoms with Crippen molar-refractivity contribution in [1.82, 2.24) is 9.78 Å². The Morgan fingerprint density at radius 3 is 2.73 bits per heavy atom. The summed E-state index contributed by atoms with van der Waals surface area (Å²) in [7, 11) is 0. The highest BCUT2D eigenvalue weighted by atomic mass is 79.9. The van der Waals surface area contributed by atoms with E-state index in [-0.39, 0.29) is 12.6 Å². The first-order valence-electron chi connectivity index (χ1n) is 6.74. The average molecular weight is 366 g/mol. The van der Waals surface area contributed by atoms with Crippen LogP contribution in [-0.2, 0) is 9.53 Å². The summed E-state index contributed by atoms with van der Waals surface area (Å²) < 4.78 is 7.31. The lowest BCUT2D eigenvalue weighted by Gasteiger charge is -2.12. The van der Waals surface area contributed by atoms with Crippen LogP contribution in [0.15, 0.2) is 41.0 Å². The van der Waals surface area contributed by atoms with Gasteiger partial charge in [-0.2, -0.15) is 5.10 Å². The molecule has 2 aromatic rings. The number of nitrogens with one attached hydrogen (secondary N) is 1. The average Bonchev–Trinajstić information content (AvgIpc) is 2.93. The lowest BCUT2D eigenvalue weighted by atomic mass is 10.2. The first kappa shape index (κ1) is 16.2. The Bertz CT molecular complexity index is 682. The third kappa shape index (κ3) is 3.94. The molecule has 116 valence electrons. The molecule has 0 fully saturated rings. The fourth-order valence-corrected chi connectivity index (χ4v) is 2.29. The molecule has 2 rings (SSSR count). The molecule has 6 nitrogen and oxygen atoms in total. The standard InChI is InChI=1S/C15H16BrN3O3/c1-10(2)19-13(7-8-17-19)18-14(20)9-22-15(21)11-5-3-4-6-12(11)16/h3-8,10H,9H2,1-2H3,(H,18,20). The summed E-state index contributed by atoms with van der Waals surface area (Å²) in [6.07, 6.45) is 1.60. The molecule has 1 N–H and O–H groups in total. The number of carbonyl (C=O) groups excluding carboxylic acids is 2. The summed E-state index contributed by atoms with van der Waals surface area (Å²) in [6.45, 7) is 3.55. The van der Waals surface area contributed by atoms with E-state index in [1.165, 1.54) is 0 Å². The number of halogens is 1. The molecule has 7 heteroatoms. The number of carbonyl (C=O) groups is 2. The van der Waals surface area contributed by atoms with Crippen LogP contribution in [0.3, 0.4) is 0 Å². The molecule has 0 aliphatic carbocycles. The van der Waals surface area contributed by atoms with Crippen LogP contribution in [0.2, 0.25) is 0 Å². The second-order valence-electron chi connectivity index (χ2n) is 4.86. The minimum atomic E-state index is -0.556. The van der Waals surface area contributed by atoms with Crippen LogP contribution in [0.25, 0.3) is 0 Å². The van der Waals surface area contributed by atoms with E-state index in [1.54, 1.807) is 41.2 Å². The second-order valence-corrected chi connectivity index (χ2v) is 5.71. The van der Waals surface area contributed by atoms with Gasteiger partial charge in [-0.3, -0.25) is 4.79 Å². The molecule has 1 amide bonds. The molecule has 22 heavy (non-hydrogen) atoms. The van der Waals surface area contributed by atoms with Gasteiger partial charge in [0.1, 0.15) is 5.82 Å². The fourth-order valence-electron chi connectivity index (χ4n) is 1.84. The summed E-state index contributed by atoms with van der Waals surface area (Å²) in [6, 6.07) is 8.68. The van der Waals surface area contributed by atoms with Crippen molar-refractivity contribution in [2.75, 3.05) is 11.9 Å². The van der Waals surface area contributed by atoms with Crippen molar-refractivity contribution in [3.05, 3.63) is 46.6 Å². The van der Waals surface area contributed by atoms with E-state index < -0.39 is 11.9 Å². The van der Waals surface area contributed by atoms with Gasteiger partial charge in [-0.15, -0.1) is 0 Å². The Balaban J connectivity index is 1.92. The normalized spacial score (nSPS) is 10.5. The third-order valence-corrected chi connectivity index (χ3v) is 3.55. The number of anilines is 1. The van der Waals surface area contributed by atoms with Gasteiger partial charge in [0.25, 0.3) is 5.91 Å². The van der Waals surface area contributed by atoms with Crippen molar-refractivity contribution in [3.8, 4) is 0 Å². The van der Waals surface area contributed by atoms with Crippen LogP contribution < -0.4 is 5.32 Å². The molecule has 0 aliphatic rings. The number of aromatic nitrogens is 2. The number of rotatable bonds is 5. The largest absolute Gasteiger partial charge is 0.452 e. The van der Waals surface area contributed by atoms with E-state index in [4.69, 9.17) is 4.74 Å². The van der Waals surface area contributed by atoms with E-state index in [0.29, 0.717) is 15.9 Å². The van der Waals surface area contributed by atoms with Crippen molar-refractivity contribution in [1.29, 1.82) is 0 Å². The Kier molecular flexibility index (Phi) is 5.32. The predicted molar refractivity (Wildman–Crippen MR) is 85.7 cm³/mol. The van der Waals surface area contributed by atoms with Gasteiger partial charge >= 0.3 is 5.97 Å². The van der Waals surface area contributed by atoms with Gasteiger partial charge in [0, 0.05) is 16.6 Å². The van der Waals surface area contributed by atoms with Crippen molar-refractivity contribution in [3.63, 3.8) is 0 Å². The molecule has 0 radical (unpaired) electrons. The zero-order valence-corrected chi connectivity index (χ0v) is 13.8.